The molecule has 1 saturated heterocycles. The summed E-state index contributed by atoms with van der Waals surface area (Å²) < 4.78 is 4.75. The van der Waals surface area contributed by atoms with Crippen LogP contribution in [-0.2, 0) is 9.53 Å². The molecule has 0 radical (unpaired) electrons. The number of rotatable bonds is 2. The highest BCUT2D eigenvalue weighted by atomic mass is 16.5. The zero-order chi connectivity index (χ0) is 9.97. The first-order valence-corrected chi connectivity index (χ1v) is 5.62. The fourth-order valence-corrected chi connectivity index (χ4v) is 2.49. The first-order chi connectivity index (χ1) is 6.81. The van der Waals surface area contributed by atoms with Gasteiger partial charge in [-0.15, -0.1) is 0 Å². The van der Waals surface area contributed by atoms with Crippen molar-refractivity contribution in [3.8, 4) is 0 Å². The van der Waals surface area contributed by atoms with Crippen LogP contribution < -0.4 is 5.32 Å². The minimum absolute atomic E-state index is 0.0513. The number of methoxy groups -OCH3 is 1. The van der Waals surface area contributed by atoms with Crippen LogP contribution in [-0.4, -0.2) is 25.7 Å². The van der Waals surface area contributed by atoms with Crippen LogP contribution in [0.25, 0.3) is 0 Å². The number of piperidine rings is 1. The van der Waals surface area contributed by atoms with E-state index in [1.807, 2.05) is 0 Å². The van der Waals surface area contributed by atoms with E-state index in [0.717, 1.165) is 25.3 Å². The molecule has 14 heavy (non-hydrogen) atoms. The van der Waals surface area contributed by atoms with Gasteiger partial charge in [0.1, 0.15) is 0 Å². The van der Waals surface area contributed by atoms with Crippen molar-refractivity contribution in [2.45, 2.75) is 38.1 Å². The van der Waals surface area contributed by atoms with E-state index >= 15 is 0 Å². The molecule has 2 atom stereocenters. The summed E-state index contributed by atoms with van der Waals surface area (Å²) in [5.41, 5.74) is 0. The van der Waals surface area contributed by atoms with Gasteiger partial charge in [0.05, 0.1) is 13.0 Å². The fraction of sp³-hybridized carbons (Fsp3) is 0.909. The van der Waals surface area contributed by atoms with Crippen molar-refractivity contribution in [2.24, 2.45) is 11.8 Å². The van der Waals surface area contributed by atoms with E-state index in [2.05, 4.69) is 5.32 Å². The maximum absolute atomic E-state index is 11.3. The summed E-state index contributed by atoms with van der Waals surface area (Å²) >= 11 is 0. The molecule has 3 nitrogen and oxygen atoms in total. The molecule has 0 aromatic carbocycles. The van der Waals surface area contributed by atoms with Gasteiger partial charge in [0, 0.05) is 12.6 Å². The first kappa shape index (κ1) is 9.97. The summed E-state index contributed by atoms with van der Waals surface area (Å²) in [7, 11) is 1.47. The van der Waals surface area contributed by atoms with Crippen molar-refractivity contribution in [1.82, 2.24) is 5.32 Å². The van der Waals surface area contributed by atoms with Crippen LogP contribution in [0.2, 0.25) is 0 Å². The Labute approximate surface area is 85.2 Å². The Morgan fingerprint density at radius 2 is 2.07 bits per heavy atom. The smallest absolute Gasteiger partial charge is 0.309 e. The average molecular weight is 197 g/mol. The van der Waals surface area contributed by atoms with Crippen molar-refractivity contribution in [3.05, 3.63) is 0 Å². The highest BCUT2D eigenvalue weighted by Crippen LogP contribution is 2.33. The average Bonchev–Trinajstić information content (AvgIpc) is 2.15. The fourth-order valence-electron chi connectivity index (χ4n) is 2.49. The second-order valence-corrected chi connectivity index (χ2v) is 4.50. The molecule has 1 N–H and O–H groups in total. The van der Waals surface area contributed by atoms with Crippen LogP contribution in [0.4, 0.5) is 0 Å². The normalized spacial score (nSPS) is 33.5. The van der Waals surface area contributed by atoms with Crippen molar-refractivity contribution in [1.29, 1.82) is 0 Å². The van der Waals surface area contributed by atoms with E-state index < -0.39 is 0 Å². The molecular weight excluding hydrogens is 178 g/mol. The van der Waals surface area contributed by atoms with Crippen LogP contribution in [0.5, 0.6) is 0 Å². The summed E-state index contributed by atoms with van der Waals surface area (Å²) in [6.45, 7) is 0.813. The standard InChI is InChI=1S/C11H19NO2/c1-14-11(13)9-5-6-10(12-7-9)8-3-2-4-8/h8-10,12H,2-7H2,1H3. The summed E-state index contributed by atoms with van der Waals surface area (Å²) in [6, 6.07) is 0.671. The lowest BCUT2D eigenvalue weighted by Gasteiger charge is -2.38. The van der Waals surface area contributed by atoms with Crippen LogP contribution in [0.3, 0.4) is 0 Å². The molecule has 0 bridgehead atoms. The van der Waals surface area contributed by atoms with E-state index in [1.165, 1.54) is 26.4 Å². The second kappa shape index (κ2) is 4.30. The minimum Gasteiger partial charge on any atom is -0.469 e. The van der Waals surface area contributed by atoms with Crippen molar-refractivity contribution in [2.75, 3.05) is 13.7 Å². The number of nitrogens with one attached hydrogen (secondary N) is 1. The maximum Gasteiger partial charge on any atom is 0.309 e. The lowest BCUT2D eigenvalue weighted by atomic mass is 9.76. The van der Waals surface area contributed by atoms with Gasteiger partial charge >= 0.3 is 5.97 Å². The van der Waals surface area contributed by atoms with Gasteiger partial charge in [-0.25, -0.2) is 0 Å². The van der Waals surface area contributed by atoms with E-state index in [0.29, 0.717) is 6.04 Å². The molecule has 1 saturated carbocycles. The summed E-state index contributed by atoms with van der Waals surface area (Å²) in [4.78, 5) is 11.3. The van der Waals surface area contributed by atoms with Gasteiger partial charge in [0.15, 0.2) is 0 Å². The van der Waals surface area contributed by atoms with Gasteiger partial charge in [0.2, 0.25) is 0 Å². The van der Waals surface area contributed by atoms with Gasteiger partial charge in [-0.2, -0.15) is 0 Å². The third-order valence-electron chi connectivity index (χ3n) is 3.71. The van der Waals surface area contributed by atoms with E-state index in [9.17, 15) is 4.79 Å². The highest BCUT2D eigenvalue weighted by molar-refractivity contribution is 5.72. The van der Waals surface area contributed by atoms with Crippen LogP contribution in [0, 0.1) is 11.8 Å². The molecule has 0 aromatic rings. The Morgan fingerprint density at radius 3 is 2.50 bits per heavy atom. The van der Waals surface area contributed by atoms with Crippen molar-refractivity contribution >= 4 is 5.97 Å². The van der Waals surface area contributed by atoms with Crippen LogP contribution in [0.15, 0.2) is 0 Å². The van der Waals surface area contributed by atoms with Crippen LogP contribution in [0.1, 0.15) is 32.1 Å². The Hall–Kier alpha value is -0.570. The zero-order valence-electron chi connectivity index (χ0n) is 8.79. The summed E-state index contributed by atoms with van der Waals surface area (Å²) in [5, 5.41) is 3.49. The molecule has 2 fully saturated rings. The van der Waals surface area contributed by atoms with Gasteiger partial charge in [-0.1, -0.05) is 6.42 Å². The van der Waals surface area contributed by atoms with Crippen LogP contribution >= 0.6 is 0 Å². The quantitative estimate of drug-likeness (QED) is 0.679. The van der Waals surface area contributed by atoms with Gasteiger partial charge < -0.3 is 10.1 Å². The first-order valence-electron chi connectivity index (χ1n) is 5.62. The lowest BCUT2D eigenvalue weighted by molar-refractivity contribution is -0.146. The molecule has 3 heteroatoms. The third kappa shape index (κ3) is 1.92. The summed E-state index contributed by atoms with van der Waals surface area (Å²) in [6.07, 6.45) is 6.29. The third-order valence-corrected chi connectivity index (χ3v) is 3.71. The molecule has 80 valence electrons. The molecule has 0 aromatic heterocycles. The Balaban J connectivity index is 1.76. The number of hydrogen-bond acceptors (Lipinski definition) is 3. The molecule has 1 heterocycles. The van der Waals surface area contributed by atoms with Crippen molar-refractivity contribution in [3.63, 3.8) is 0 Å². The molecule has 0 amide bonds. The Bertz CT molecular complexity index is 205. The predicted octanol–water partition coefficient (Wildman–Crippen LogP) is 1.33. The van der Waals surface area contributed by atoms with Gasteiger partial charge in [0.25, 0.3) is 0 Å². The van der Waals surface area contributed by atoms with Crippen molar-refractivity contribution < 1.29 is 9.53 Å². The topological polar surface area (TPSA) is 38.3 Å². The number of ether oxygens (including phenoxy) is 1. The van der Waals surface area contributed by atoms with Gasteiger partial charge in [-0.05, 0) is 31.6 Å². The van der Waals surface area contributed by atoms with E-state index in [1.54, 1.807) is 0 Å². The molecule has 2 unspecified atom stereocenters. The molecule has 2 rings (SSSR count). The SMILES string of the molecule is COC(=O)C1CCC(C2CCC2)NC1. The molecule has 1 aliphatic heterocycles. The maximum atomic E-state index is 11.3. The Kier molecular flexibility index (Phi) is 3.06. The molecule has 0 spiro atoms. The monoisotopic (exact) mass is 197 g/mol. The molecule has 2 aliphatic rings. The summed E-state index contributed by atoms with van der Waals surface area (Å²) in [5.74, 6) is 0.925. The van der Waals surface area contributed by atoms with E-state index in [4.69, 9.17) is 4.74 Å². The lowest BCUT2D eigenvalue weighted by Crippen LogP contribution is -2.47. The van der Waals surface area contributed by atoms with E-state index in [-0.39, 0.29) is 11.9 Å². The number of hydrogen-bond donors (Lipinski definition) is 1. The largest absolute Gasteiger partial charge is 0.469 e. The number of carbonyl (C=O) groups is 1. The Morgan fingerprint density at radius 1 is 1.29 bits per heavy atom. The minimum atomic E-state index is -0.0513. The second-order valence-electron chi connectivity index (χ2n) is 4.50. The number of esters is 1. The zero-order valence-corrected chi connectivity index (χ0v) is 8.79. The predicted molar refractivity (Wildman–Crippen MR) is 53.9 cm³/mol. The number of carbonyl (C=O) groups excluding carboxylic acids is 1. The highest BCUT2D eigenvalue weighted by Gasteiger charge is 2.32. The van der Waals surface area contributed by atoms with Gasteiger partial charge in [-0.3, -0.25) is 4.79 Å². The molecule has 1 aliphatic carbocycles. The molecular formula is C11H19NO2.